The molecule has 0 unspecified atom stereocenters. The van der Waals surface area contributed by atoms with Gasteiger partial charge in [-0.05, 0) is 91.1 Å². The minimum absolute atomic E-state index is 0. The van der Waals surface area contributed by atoms with E-state index in [0.717, 1.165) is 30.6 Å². The van der Waals surface area contributed by atoms with E-state index >= 15 is 0 Å². The fraction of sp³-hybridized carbons (Fsp3) is 0.429. The molecule has 1 aliphatic carbocycles. The molecule has 1 aliphatic rings. The van der Waals surface area contributed by atoms with Crippen molar-refractivity contribution in [1.29, 1.82) is 0 Å². The van der Waals surface area contributed by atoms with Crippen molar-refractivity contribution in [2.45, 2.75) is 61.8 Å². The Bertz CT molecular complexity index is 1050. The largest absolute Gasteiger partial charge is 0.312 e. The molecule has 0 saturated carbocycles. The maximum atomic E-state index is 3.15. The Morgan fingerprint density at radius 3 is 0.978 bits per heavy atom. The van der Waals surface area contributed by atoms with Crippen LogP contribution in [0.3, 0.4) is 0 Å². The molecule has 4 heteroatoms. The van der Waals surface area contributed by atoms with Gasteiger partial charge in [-0.2, -0.15) is 48.5 Å². The molecule has 4 aromatic rings. The van der Waals surface area contributed by atoms with Crippen molar-refractivity contribution in [2.75, 3.05) is 62.4 Å². The van der Waals surface area contributed by atoms with E-state index in [-0.39, 0.29) is 32.7 Å². The standard InChI is InChI=1S/C13H10.C12H8.2C4H11N.C3H9N.3C2H6.Y/c1-3-7-12-10(5-1)9-11-6-2-4-8-13(11)12;1-3-7-11(8-4-1)12-9-5-2-6-10-12;2*1-4-5(2)3;1-4(2)3;3*1-2;/h1-8H,9H2;1-7,9H;2*4H2,1-3H3;1-3H3;3*1-2H3;/q;-2;;;;;;;. The molecule has 0 bridgehead atoms. The zero-order chi connectivity index (χ0) is 35.0. The first-order chi connectivity index (χ1) is 21.7. The number of benzene rings is 4. The smallest absolute Gasteiger partial charge is 0 e. The monoisotopic (exact) mass is 702 g/mol. The van der Waals surface area contributed by atoms with E-state index in [2.05, 4.69) is 113 Å². The minimum atomic E-state index is 0. The van der Waals surface area contributed by atoms with Crippen molar-refractivity contribution in [3.63, 3.8) is 0 Å². The Kier molecular flexibility index (Phi) is 39.4. The van der Waals surface area contributed by atoms with Crippen molar-refractivity contribution < 1.29 is 32.7 Å². The van der Waals surface area contributed by atoms with E-state index in [1.807, 2.05) is 116 Å². The van der Waals surface area contributed by atoms with Crippen LogP contribution in [0, 0.1) is 12.1 Å². The molecule has 0 fully saturated rings. The first-order valence-electron chi connectivity index (χ1n) is 16.7. The third kappa shape index (κ3) is 26.0. The van der Waals surface area contributed by atoms with Gasteiger partial charge in [0.05, 0.1) is 0 Å². The summed E-state index contributed by atoms with van der Waals surface area (Å²) in [6, 6.07) is 39.5. The molecule has 0 aromatic heterocycles. The van der Waals surface area contributed by atoms with E-state index < -0.39 is 0 Å². The fourth-order valence-electron chi connectivity index (χ4n) is 3.20. The molecule has 1 radical (unpaired) electrons. The summed E-state index contributed by atoms with van der Waals surface area (Å²) >= 11 is 0. The van der Waals surface area contributed by atoms with Crippen LogP contribution in [0.2, 0.25) is 0 Å². The predicted octanol–water partition coefficient (Wildman–Crippen LogP) is 10.6. The Labute approximate surface area is 312 Å². The summed E-state index contributed by atoms with van der Waals surface area (Å²) in [5.74, 6) is 0. The van der Waals surface area contributed by atoms with Gasteiger partial charge in [0.25, 0.3) is 0 Å². The van der Waals surface area contributed by atoms with Gasteiger partial charge in [-0.1, -0.05) is 104 Å². The molecule has 3 nitrogen and oxygen atoms in total. The number of rotatable bonds is 3. The molecule has 4 aromatic carbocycles. The van der Waals surface area contributed by atoms with Crippen molar-refractivity contribution in [3.05, 3.63) is 120 Å². The molecule has 0 spiro atoms. The topological polar surface area (TPSA) is 9.72 Å². The van der Waals surface area contributed by atoms with Crippen LogP contribution >= 0.6 is 0 Å². The Hall–Kier alpha value is -2.14. The van der Waals surface area contributed by atoms with Gasteiger partial charge in [-0.15, -0.1) is 12.1 Å². The van der Waals surface area contributed by atoms with Gasteiger partial charge in [0.15, 0.2) is 0 Å². The van der Waals surface area contributed by atoms with Crippen LogP contribution in [0.1, 0.15) is 66.5 Å². The zero-order valence-corrected chi connectivity index (χ0v) is 35.1. The quantitative estimate of drug-likeness (QED) is 0.173. The van der Waals surface area contributed by atoms with Crippen LogP contribution in [0.4, 0.5) is 0 Å². The molecule has 0 saturated heterocycles. The van der Waals surface area contributed by atoms with Crippen LogP contribution in [0.25, 0.3) is 22.3 Å². The van der Waals surface area contributed by atoms with Crippen molar-refractivity contribution in [1.82, 2.24) is 14.7 Å². The van der Waals surface area contributed by atoms with Crippen LogP contribution in [0.15, 0.2) is 97.1 Å². The van der Waals surface area contributed by atoms with Crippen molar-refractivity contribution in [3.8, 4) is 22.3 Å². The molecule has 0 aliphatic heterocycles. The number of hydrogen-bond donors (Lipinski definition) is 0. The average molecular weight is 703 g/mol. The van der Waals surface area contributed by atoms with Gasteiger partial charge in [-0.25, -0.2) is 11.1 Å². The second-order valence-corrected chi connectivity index (χ2v) is 10.2. The summed E-state index contributed by atoms with van der Waals surface area (Å²) in [5.41, 5.74) is 7.94. The maximum Gasteiger partial charge on any atom is 0 e. The SMILES string of the molecule is CC.CC.CC.CCN(C)C.CCN(C)C.CN(C)C.[Y].[c-]1ccccc1-c1[c-]cccc1.c1ccc2c(c1)Cc1ccccc1-2. The first-order valence-corrected chi connectivity index (χ1v) is 16.7. The third-order valence-electron chi connectivity index (χ3n) is 5.68. The Balaban J connectivity index is -0.000000246. The van der Waals surface area contributed by atoms with Crippen LogP contribution in [0.5, 0.6) is 0 Å². The summed E-state index contributed by atoms with van der Waals surface area (Å²) in [5, 5.41) is 0. The van der Waals surface area contributed by atoms with Crippen LogP contribution in [-0.2, 0) is 39.1 Å². The van der Waals surface area contributed by atoms with Gasteiger partial charge >= 0.3 is 0 Å². The normalized spacial score (nSPS) is 9.26. The summed E-state index contributed by atoms with van der Waals surface area (Å²) < 4.78 is 0. The summed E-state index contributed by atoms with van der Waals surface area (Å²) in [6.07, 6.45) is 1.10. The Morgan fingerprint density at radius 2 is 0.739 bits per heavy atom. The van der Waals surface area contributed by atoms with Crippen molar-refractivity contribution in [2.24, 2.45) is 0 Å². The molecule has 0 atom stereocenters. The molecule has 5 rings (SSSR count). The second-order valence-electron chi connectivity index (χ2n) is 10.2. The third-order valence-corrected chi connectivity index (χ3v) is 5.68. The molecule has 255 valence electrons. The van der Waals surface area contributed by atoms with E-state index in [4.69, 9.17) is 0 Å². The summed E-state index contributed by atoms with van der Waals surface area (Å²) in [6.45, 7) is 18.5. The number of fused-ring (bicyclic) bond motifs is 3. The minimum Gasteiger partial charge on any atom is -0.312 e. The summed E-state index contributed by atoms with van der Waals surface area (Å²) in [7, 11) is 14.2. The van der Waals surface area contributed by atoms with Crippen molar-refractivity contribution >= 4 is 0 Å². The molecule has 0 heterocycles. The van der Waals surface area contributed by atoms with E-state index in [9.17, 15) is 0 Å². The Morgan fingerprint density at radius 1 is 0.478 bits per heavy atom. The first kappa shape index (κ1) is 50.7. The van der Waals surface area contributed by atoms with Gasteiger partial charge in [-0.3, -0.25) is 0 Å². The molecule has 46 heavy (non-hydrogen) atoms. The molecule has 0 N–H and O–H groups in total. The molecule has 0 amide bonds. The van der Waals surface area contributed by atoms with Crippen LogP contribution in [-0.4, -0.2) is 77.1 Å². The van der Waals surface area contributed by atoms with E-state index in [0.29, 0.717) is 0 Å². The molecular formula is C42H67N3Y-2. The zero-order valence-electron chi connectivity index (χ0n) is 32.3. The maximum absolute atomic E-state index is 3.15. The predicted molar refractivity (Wildman–Crippen MR) is 206 cm³/mol. The van der Waals surface area contributed by atoms with E-state index in [1.54, 1.807) is 0 Å². The second kappa shape index (κ2) is 35.7. The van der Waals surface area contributed by atoms with Gasteiger partial charge < -0.3 is 14.7 Å². The number of nitrogens with zero attached hydrogens (tertiary/aromatic N) is 3. The van der Waals surface area contributed by atoms with Gasteiger partial charge in [0.2, 0.25) is 0 Å². The van der Waals surface area contributed by atoms with Crippen LogP contribution < -0.4 is 0 Å². The average Bonchev–Trinajstić information content (AvgIpc) is 3.48. The van der Waals surface area contributed by atoms with Gasteiger partial charge in [0, 0.05) is 32.7 Å². The van der Waals surface area contributed by atoms with E-state index in [1.165, 1.54) is 22.3 Å². The van der Waals surface area contributed by atoms with Gasteiger partial charge in [0.1, 0.15) is 0 Å². The number of hydrogen-bond acceptors (Lipinski definition) is 3. The fourth-order valence-corrected chi connectivity index (χ4v) is 3.20. The molecular weight excluding hydrogens is 635 g/mol. The summed E-state index contributed by atoms with van der Waals surface area (Å²) in [4.78, 5) is 6.25.